The number of hydrogen-bond donors (Lipinski definition) is 2. The van der Waals surface area contributed by atoms with Crippen LogP contribution in [-0.4, -0.2) is 27.5 Å². The van der Waals surface area contributed by atoms with E-state index in [1.54, 1.807) is 6.20 Å². The van der Waals surface area contributed by atoms with Crippen molar-refractivity contribution in [1.82, 2.24) is 14.9 Å². The molecule has 128 valence electrons. The summed E-state index contributed by atoms with van der Waals surface area (Å²) >= 11 is 0. The van der Waals surface area contributed by atoms with E-state index < -0.39 is 0 Å². The molecule has 2 aromatic rings. The first-order chi connectivity index (χ1) is 11.5. The van der Waals surface area contributed by atoms with Crippen molar-refractivity contribution in [3.8, 4) is 0 Å². The summed E-state index contributed by atoms with van der Waals surface area (Å²) in [5.74, 6) is -0.0114. The van der Waals surface area contributed by atoms with Gasteiger partial charge in [0.15, 0.2) is 0 Å². The van der Waals surface area contributed by atoms with Gasteiger partial charge in [-0.05, 0) is 44.9 Å². The molecule has 5 heteroatoms. The molecule has 3 N–H and O–H groups in total. The minimum atomic E-state index is -0.222. The number of aryl methyl sites for hydroxylation is 1. The van der Waals surface area contributed by atoms with Gasteiger partial charge in [-0.2, -0.15) is 0 Å². The molecule has 0 unspecified atom stereocenters. The van der Waals surface area contributed by atoms with Crippen LogP contribution < -0.4 is 11.1 Å². The Labute approximate surface area is 143 Å². The molecule has 1 aliphatic carbocycles. The van der Waals surface area contributed by atoms with Gasteiger partial charge in [0.1, 0.15) is 0 Å². The van der Waals surface area contributed by atoms with Gasteiger partial charge < -0.3 is 15.6 Å². The Balaban J connectivity index is 1.81. The second kappa shape index (κ2) is 6.77. The Hall–Kier alpha value is -2.14. The van der Waals surface area contributed by atoms with Crippen molar-refractivity contribution in [2.24, 2.45) is 5.73 Å². The molecular weight excluding hydrogens is 300 g/mol. The Kier molecular flexibility index (Phi) is 4.71. The van der Waals surface area contributed by atoms with Crippen LogP contribution in [0.4, 0.5) is 0 Å². The fourth-order valence-corrected chi connectivity index (χ4v) is 3.67. The first-order valence-corrected chi connectivity index (χ1v) is 8.64. The number of amides is 1. The van der Waals surface area contributed by atoms with E-state index in [1.165, 1.54) is 0 Å². The first-order valence-electron chi connectivity index (χ1n) is 8.64. The van der Waals surface area contributed by atoms with Gasteiger partial charge in [-0.15, -0.1) is 0 Å². The fraction of sp³-hybridized carbons (Fsp3) is 0.474. The third kappa shape index (κ3) is 3.22. The normalized spacial score (nSPS) is 16.3. The summed E-state index contributed by atoms with van der Waals surface area (Å²) in [7, 11) is 0. The van der Waals surface area contributed by atoms with Gasteiger partial charge in [-0.25, -0.2) is 0 Å². The molecule has 0 radical (unpaired) electrons. The molecule has 0 aliphatic heterocycles. The van der Waals surface area contributed by atoms with E-state index in [9.17, 15) is 4.79 Å². The molecule has 1 aliphatic rings. The third-order valence-electron chi connectivity index (χ3n) is 5.19. The third-order valence-corrected chi connectivity index (χ3v) is 5.19. The maximum absolute atomic E-state index is 12.8. The number of hydrogen-bond acceptors (Lipinski definition) is 3. The first kappa shape index (κ1) is 16.7. The summed E-state index contributed by atoms with van der Waals surface area (Å²) in [6.07, 6.45) is 6.01. The van der Waals surface area contributed by atoms with Crippen molar-refractivity contribution >= 4 is 5.91 Å². The lowest BCUT2D eigenvalue weighted by Crippen LogP contribution is -2.51. The van der Waals surface area contributed by atoms with Crippen LogP contribution in [0.25, 0.3) is 0 Å². The molecule has 0 aromatic carbocycles. The van der Waals surface area contributed by atoms with Gasteiger partial charge in [0, 0.05) is 24.1 Å². The van der Waals surface area contributed by atoms with Gasteiger partial charge in [-0.1, -0.05) is 18.9 Å². The zero-order valence-electron chi connectivity index (χ0n) is 14.5. The zero-order valence-corrected chi connectivity index (χ0v) is 14.5. The molecule has 0 saturated heterocycles. The second-order valence-electron chi connectivity index (χ2n) is 6.84. The Morgan fingerprint density at radius 1 is 1.33 bits per heavy atom. The maximum Gasteiger partial charge on any atom is 0.253 e. The largest absolute Gasteiger partial charge is 0.345 e. The smallest absolute Gasteiger partial charge is 0.253 e. The number of nitrogens with two attached hydrogens (primary N) is 1. The molecule has 0 bridgehead atoms. The molecule has 24 heavy (non-hydrogen) atoms. The molecule has 0 spiro atoms. The Bertz CT molecular complexity index is 714. The highest BCUT2D eigenvalue weighted by Gasteiger charge is 2.34. The number of carbonyl (C=O) groups is 1. The molecule has 2 heterocycles. The van der Waals surface area contributed by atoms with E-state index in [4.69, 9.17) is 5.73 Å². The Morgan fingerprint density at radius 2 is 2.08 bits per heavy atom. The maximum atomic E-state index is 12.8. The van der Waals surface area contributed by atoms with Crippen LogP contribution >= 0.6 is 0 Å². The minimum absolute atomic E-state index is 0.0114. The molecule has 5 nitrogen and oxygen atoms in total. The molecule has 0 atom stereocenters. The number of nitrogens with zero attached hydrogens (tertiary/aromatic N) is 2. The minimum Gasteiger partial charge on any atom is -0.345 e. The van der Waals surface area contributed by atoms with Crippen molar-refractivity contribution < 1.29 is 4.79 Å². The van der Waals surface area contributed by atoms with Crippen molar-refractivity contribution in [3.63, 3.8) is 0 Å². The van der Waals surface area contributed by atoms with Gasteiger partial charge in [0.05, 0.1) is 23.3 Å². The van der Waals surface area contributed by atoms with E-state index in [1.807, 2.05) is 38.1 Å². The number of nitrogens with one attached hydrogen (secondary N) is 1. The van der Waals surface area contributed by atoms with Crippen molar-refractivity contribution in [3.05, 3.63) is 53.1 Å². The van der Waals surface area contributed by atoms with Crippen LogP contribution in [0.15, 0.2) is 30.5 Å². The lowest BCUT2D eigenvalue weighted by Gasteiger charge is -2.28. The van der Waals surface area contributed by atoms with E-state index in [2.05, 4.69) is 14.9 Å². The van der Waals surface area contributed by atoms with E-state index in [0.29, 0.717) is 13.1 Å². The van der Waals surface area contributed by atoms with Crippen LogP contribution in [0.3, 0.4) is 0 Å². The highest BCUT2D eigenvalue weighted by molar-refractivity contribution is 5.96. The molecule has 1 saturated carbocycles. The quantitative estimate of drug-likeness (QED) is 0.887. The predicted octanol–water partition coefficient (Wildman–Crippen LogP) is 2.55. The van der Waals surface area contributed by atoms with Crippen molar-refractivity contribution in [1.29, 1.82) is 0 Å². The monoisotopic (exact) mass is 326 g/mol. The fourth-order valence-electron chi connectivity index (χ4n) is 3.67. The Morgan fingerprint density at radius 3 is 2.71 bits per heavy atom. The van der Waals surface area contributed by atoms with Crippen LogP contribution in [0.1, 0.15) is 53.1 Å². The highest BCUT2D eigenvalue weighted by atomic mass is 16.1. The van der Waals surface area contributed by atoms with Gasteiger partial charge in [0.25, 0.3) is 5.91 Å². The number of carbonyl (C=O) groups excluding carboxylic acids is 1. The number of aromatic nitrogens is 2. The average Bonchev–Trinajstić information content (AvgIpc) is 3.16. The van der Waals surface area contributed by atoms with Crippen molar-refractivity contribution in [2.45, 2.75) is 51.6 Å². The SMILES string of the molecule is Cc1cc(C(=O)NC2(CN)CCCC2)c(C)n1Cc1ccccn1. The molecule has 3 rings (SSSR count). The van der Waals surface area contributed by atoms with E-state index in [-0.39, 0.29) is 11.4 Å². The summed E-state index contributed by atoms with van der Waals surface area (Å²) in [6.45, 7) is 5.20. The highest BCUT2D eigenvalue weighted by Crippen LogP contribution is 2.29. The number of rotatable bonds is 5. The van der Waals surface area contributed by atoms with Gasteiger partial charge in [-0.3, -0.25) is 9.78 Å². The van der Waals surface area contributed by atoms with Crippen LogP contribution in [0.5, 0.6) is 0 Å². The van der Waals surface area contributed by atoms with Crippen molar-refractivity contribution in [2.75, 3.05) is 6.54 Å². The molecular formula is C19H26N4O. The van der Waals surface area contributed by atoms with Crippen LogP contribution in [0.2, 0.25) is 0 Å². The van der Waals surface area contributed by atoms with E-state index >= 15 is 0 Å². The topological polar surface area (TPSA) is 72.9 Å². The number of pyridine rings is 1. The molecule has 1 amide bonds. The summed E-state index contributed by atoms with van der Waals surface area (Å²) in [6, 6.07) is 7.86. The summed E-state index contributed by atoms with van der Waals surface area (Å²) < 4.78 is 2.14. The van der Waals surface area contributed by atoms with Crippen LogP contribution in [0, 0.1) is 13.8 Å². The standard InChI is InChI=1S/C19H26N4O/c1-14-11-17(18(24)22-19(13-20)8-4-5-9-19)15(2)23(14)12-16-7-3-6-10-21-16/h3,6-7,10-11H,4-5,8-9,12-13,20H2,1-2H3,(H,22,24). The lowest BCUT2D eigenvalue weighted by atomic mass is 9.97. The van der Waals surface area contributed by atoms with Gasteiger partial charge >= 0.3 is 0 Å². The summed E-state index contributed by atoms with van der Waals surface area (Å²) in [5.41, 5.74) is 9.49. The van der Waals surface area contributed by atoms with Gasteiger partial charge in [0.2, 0.25) is 0 Å². The molecule has 1 fully saturated rings. The predicted molar refractivity (Wildman–Crippen MR) is 95.0 cm³/mol. The second-order valence-corrected chi connectivity index (χ2v) is 6.84. The molecule has 2 aromatic heterocycles. The summed E-state index contributed by atoms with van der Waals surface area (Å²) in [4.78, 5) is 17.2. The zero-order chi connectivity index (χ0) is 17.2. The lowest BCUT2D eigenvalue weighted by molar-refractivity contribution is 0.0902. The summed E-state index contributed by atoms with van der Waals surface area (Å²) in [5, 5.41) is 3.21. The average molecular weight is 326 g/mol. The van der Waals surface area contributed by atoms with Crippen LogP contribution in [-0.2, 0) is 6.54 Å². The van der Waals surface area contributed by atoms with E-state index in [0.717, 1.165) is 48.3 Å².